The molecule has 0 aromatic heterocycles. The lowest BCUT2D eigenvalue weighted by Gasteiger charge is -2.55. The first-order valence-electron chi connectivity index (χ1n) is 11.1. The van der Waals surface area contributed by atoms with Crippen molar-refractivity contribution in [3.05, 3.63) is 59.7 Å². The quantitative estimate of drug-likeness (QED) is 0.778. The van der Waals surface area contributed by atoms with Gasteiger partial charge in [-0.25, -0.2) is 0 Å². The Morgan fingerprint density at radius 1 is 1.23 bits per heavy atom. The number of benzene rings is 2. The Hall–Kier alpha value is -3.02. The summed E-state index contributed by atoms with van der Waals surface area (Å²) in [6.45, 7) is 0.641. The van der Waals surface area contributed by atoms with E-state index >= 15 is 0 Å². The van der Waals surface area contributed by atoms with Gasteiger partial charge in [0.25, 0.3) is 5.91 Å². The van der Waals surface area contributed by atoms with Gasteiger partial charge in [-0.3, -0.25) is 9.59 Å². The number of amides is 2. The topological polar surface area (TPSA) is 76.7 Å². The van der Waals surface area contributed by atoms with Crippen molar-refractivity contribution in [2.75, 3.05) is 13.7 Å². The second kappa shape index (κ2) is 7.91. The molecule has 2 N–H and O–H groups in total. The molecular weight excluding hydrogens is 392 g/mol. The van der Waals surface area contributed by atoms with Crippen molar-refractivity contribution in [1.29, 1.82) is 0 Å². The number of rotatable bonds is 5. The van der Waals surface area contributed by atoms with Crippen molar-refractivity contribution in [3.8, 4) is 11.5 Å². The Morgan fingerprint density at radius 2 is 2.06 bits per heavy atom. The summed E-state index contributed by atoms with van der Waals surface area (Å²) in [6.07, 6.45) is 4.18. The molecule has 0 radical (unpaired) electrons. The lowest BCUT2D eigenvalue weighted by Crippen LogP contribution is -2.67. The van der Waals surface area contributed by atoms with Gasteiger partial charge in [0.2, 0.25) is 5.91 Å². The van der Waals surface area contributed by atoms with Gasteiger partial charge in [-0.1, -0.05) is 30.3 Å². The molecule has 2 amide bonds. The smallest absolute Gasteiger partial charge is 0.258 e. The van der Waals surface area contributed by atoms with E-state index in [-0.39, 0.29) is 29.6 Å². The van der Waals surface area contributed by atoms with E-state index in [0.29, 0.717) is 30.0 Å². The third-order valence-electron chi connectivity index (χ3n) is 7.16. The van der Waals surface area contributed by atoms with E-state index in [1.54, 1.807) is 25.3 Å². The highest BCUT2D eigenvalue weighted by Crippen LogP contribution is 2.52. The van der Waals surface area contributed by atoms with E-state index in [4.69, 9.17) is 9.47 Å². The van der Waals surface area contributed by atoms with Crippen LogP contribution in [-0.4, -0.2) is 31.2 Å². The van der Waals surface area contributed by atoms with Gasteiger partial charge in [0.05, 0.1) is 12.7 Å². The van der Waals surface area contributed by atoms with Crippen molar-refractivity contribution in [1.82, 2.24) is 10.6 Å². The van der Waals surface area contributed by atoms with Gasteiger partial charge >= 0.3 is 0 Å². The van der Waals surface area contributed by atoms with Crippen molar-refractivity contribution in [2.45, 2.75) is 37.8 Å². The molecule has 0 saturated heterocycles. The highest BCUT2D eigenvalue weighted by Gasteiger charge is 2.57. The summed E-state index contributed by atoms with van der Waals surface area (Å²) in [7, 11) is 1.60. The van der Waals surface area contributed by atoms with Crippen LogP contribution in [0.15, 0.2) is 48.5 Å². The zero-order chi connectivity index (χ0) is 21.4. The summed E-state index contributed by atoms with van der Waals surface area (Å²) >= 11 is 0. The van der Waals surface area contributed by atoms with Crippen LogP contribution in [0.3, 0.4) is 0 Å². The average molecular weight is 421 g/mol. The molecule has 6 nitrogen and oxygen atoms in total. The molecule has 2 aromatic rings. The van der Waals surface area contributed by atoms with Gasteiger partial charge in [-0.15, -0.1) is 0 Å². The zero-order valence-electron chi connectivity index (χ0n) is 17.7. The molecule has 6 heteroatoms. The molecular formula is C25H28N2O4. The molecule has 4 aliphatic rings. The Kier molecular flexibility index (Phi) is 5.08. The summed E-state index contributed by atoms with van der Waals surface area (Å²) in [6, 6.07) is 15.5. The largest absolute Gasteiger partial charge is 0.497 e. The first-order chi connectivity index (χ1) is 15.1. The van der Waals surface area contributed by atoms with Gasteiger partial charge < -0.3 is 20.1 Å². The van der Waals surface area contributed by atoms with Crippen LogP contribution in [0.25, 0.3) is 0 Å². The van der Waals surface area contributed by atoms with Crippen LogP contribution in [-0.2, 0) is 11.2 Å². The minimum atomic E-state index is -0.722. The third-order valence-corrected chi connectivity index (χ3v) is 7.16. The van der Waals surface area contributed by atoms with Gasteiger partial charge in [-0.2, -0.15) is 0 Å². The molecule has 162 valence electrons. The highest BCUT2D eigenvalue weighted by atomic mass is 16.5. The van der Waals surface area contributed by atoms with Crippen LogP contribution in [0.2, 0.25) is 0 Å². The highest BCUT2D eigenvalue weighted by molar-refractivity contribution is 5.98. The first kappa shape index (κ1) is 19.9. The van der Waals surface area contributed by atoms with E-state index in [0.717, 1.165) is 25.7 Å². The molecule has 3 aliphatic carbocycles. The molecule has 3 fully saturated rings. The second-order valence-corrected chi connectivity index (χ2v) is 8.92. The van der Waals surface area contributed by atoms with Crippen LogP contribution in [0.4, 0.5) is 0 Å². The molecule has 31 heavy (non-hydrogen) atoms. The zero-order valence-corrected chi connectivity index (χ0v) is 17.7. The van der Waals surface area contributed by atoms with E-state index in [1.807, 2.05) is 18.2 Å². The molecule has 6 rings (SSSR count). The summed E-state index contributed by atoms with van der Waals surface area (Å²) in [5, 5.41) is 6.28. The van der Waals surface area contributed by atoms with Crippen molar-refractivity contribution in [2.24, 2.45) is 17.8 Å². The fourth-order valence-electron chi connectivity index (χ4n) is 5.55. The van der Waals surface area contributed by atoms with Gasteiger partial charge in [0, 0.05) is 30.9 Å². The van der Waals surface area contributed by atoms with Crippen molar-refractivity contribution < 1.29 is 19.1 Å². The lowest BCUT2D eigenvalue weighted by molar-refractivity contribution is -0.146. The summed E-state index contributed by atoms with van der Waals surface area (Å²) in [5.74, 6) is 1.55. The molecule has 1 heterocycles. The van der Waals surface area contributed by atoms with Gasteiger partial charge in [0.1, 0.15) is 11.5 Å². The van der Waals surface area contributed by atoms with E-state index in [1.165, 1.54) is 5.56 Å². The lowest BCUT2D eigenvalue weighted by atomic mass is 9.60. The standard InChI is InChI=1S/C25H28N2O4/c1-30-19-9-10-20-22(14-19)31-25(27-24(20)29)15-17-7-8-18(25)13-21(17)23(28)26-12-11-16-5-3-2-4-6-16/h2-6,9-10,14,17-18,21H,7-8,11-13,15H2,1H3,(H,26,28)(H,27,29)/t17-,18+,21+,25+/m1/s1. The van der Waals surface area contributed by atoms with E-state index in [9.17, 15) is 9.59 Å². The number of fused-ring (bicyclic) bond motifs is 3. The van der Waals surface area contributed by atoms with Gasteiger partial charge in [-0.05, 0) is 49.3 Å². The maximum atomic E-state index is 12.9. The predicted octanol–water partition coefficient (Wildman–Crippen LogP) is 3.31. The molecule has 0 unspecified atom stereocenters. The van der Waals surface area contributed by atoms with Crippen LogP contribution in [0.5, 0.6) is 11.5 Å². The maximum Gasteiger partial charge on any atom is 0.258 e. The van der Waals surface area contributed by atoms with Crippen LogP contribution in [0.1, 0.15) is 41.6 Å². The first-order valence-corrected chi connectivity index (χ1v) is 11.1. The fourth-order valence-corrected chi connectivity index (χ4v) is 5.55. The molecule has 3 saturated carbocycles. The summed E-state index contributed by atoms with van der Waals surface area (Å²) < 4.78 is 11.7. The molecule has 2 aromatic carbocycles. The second-order valence-electron chi connectivity index (χ2n) is 8.92. The number of carbonyl (C=O) groups excluding carboxylic acids is 2. The molecule has 1 aliphatic heterocycles. The third kappa shape index (κ3) is 3.64. The van der Waals surface area contributed by atoms with Crippen molar-refractivity contribution in [3.63, 3.8) is 0 Å². The molecule has 4 atom stereocenters. The summed E-state index contributed by atoms with van der Waals surface area (Å²) in [4.78, 5) is 25.8. The Balaban J connectivity index is 1.26. The monoisotopic (exact) mass is 420 g/mol. The Labute approximate surface area is 182 Å². The Morgan fingerprint density at radius 3 is 2.81 bits per heavy atom. The van der Waals surface area contributed by atoms with Crippen molar-refractivity contribution >= 4 is 11.8 Å². The van der Waals surface area contributed by atoms with Crippen LogP contribution < -0.4 is 20.1 Å². The number of methoxy groups -OCH3 is 1. The normalized spacial score (nSPS) is 28.4. The van der Waals surface area contributed by atoms with Crippen LogP contribution in [0, 0.1) is 17.8 Å². The Bertz CT molecular complexity index is 992. The number of hydrogen-bond acceptors (Lipinski definition) is 4. The van der Waals surface area contributed by atoms with Crippen LogP contribution >= 0.6 is 0 Å². The number of nitrogens with one attached hydrogen (secondary N) is 2. The predicted molar refractivity (Wildman–Crippen MR) is 116 cm³/mol. The van der Waals surface area contributed by atoms with E-state index < -0.39 is 5.72 Å². The maximum absolute atomic E-state index is 12.9. The van der Waals surface area contributed by atoms with E-state index in [2.05, 4.69) is 22.8 Å². The minimum Gasteiger partial charge on any atom is -0.497 e. The average Bonchev–Trinajstić information content (AvgIpc) is 2.79. The number of hydrogen-bond donors (Lipinski definition) is 2. The van der Waals surface area contributed by atoms with Gasteiger partial charge in [0.15, 0.2) is 5.72 Å². The molecule has 2 bridgehead atoms. The summed E-state index contributed by atoms with van der Waals surface area (Å²) in [5.41, 5.74) is 1.03. The minimum absolute atomic E-state index is 0.0210. The number of ether oxygens (including phenoxy) is 2. The fraction of sp³-hybridized carbons (Fsp3) is 0.440. The number of carbonyl (C=O) groups is 2. The SMILES string of the molecule is COc1ccc2c(c1)O[C@]1(C[C@H]3CC[C@H]1C[C@@H]3C(=O)NCCc1ccccc1)NC2=O. The molecule has 1 spiro atoms.